The zero-order valence-corrected chi connectivity index (χ0v) is 32.9. The SMILES string of the molecule is C[C@@H]1CN(C[C@@H](NC(=O)N[C@H](C(=O)N2C[C@]3(C[C@H]2C(=O)NC(CC2CCC2)C(=O)C(N)=O)C(C)(C)C32CCC2)C(C)(C)C)C(C)(C)C)C[C@H](C)O1. The summed E-state index contributed by atoms with van der Waals surface area (Å²) in [6.07, 6.45) is 7.19. The van der Waals surface area contributed by atoms with E-state index in [-0.39, 0.29) is 51.7 Å². The highest BCUT2D eigenvalue weighted by Crippen LogP contribution is 2.88. The molecule has 5 amide bonds. The molecule has 5 N–H and O–H groups in total. The molecule has 2 heterocycles. The van der Waals surface area contributed by atoms with Crippen molar-refractivity contribution in [2.24, 2.45) is 38.7 Å². The third kappa shape index (κ3) is 7.42. The monoisotopic (exact) mass is 715 g/mol. The molecule has 2 saturated heterocycles. The summed E-state index contributed by atoms with van der Waals surface area (Å²) < 4.78 is 5.93. The topological polar surface area (TPSA) is 163 Å². The number of carbonyl (C=O) groups is 5. The average molecular weight is 715 g/mol. The number of primary amides is 1. The average Bonchev–Trinajstić information content (AvgIpc) is 3.18. The number of rotatable bonds is 11. The lowest BCUT2D eigenvalue weighted by molar-refractivity contribution is -0.143. The van der Waals surface area contributed by atoms with Gasteiger partial charge < -0.3 is 31.3 Å². The lowest BCUT2D eigenvalue weighted by atomic mass is 9.73. The molecule has 5 aliphatic rings. The van der Waals surface area contributed by atoms with Crippen molar-refractivity contribution in [2.45, 2.75) is 157 Å². The summed E-state index contributed by atoms with van der Waals surface area (Å²) in [5.41, 5.74) is 4.22. The summed E-state index contributed by atoms with van der Waals surface area (Å²) in [5.74, 6) is -2.38. The molecule has 5 rings (SSSR count). The van der Waals surface area contributed by atoms with Gasteiger partial charge in [0.15, 0.2) is 0 Å². The van der Waals surface area contributed by atoms with Crippen LogP contribution in [0.1, 0.15) is 121 Å². The minimum Gasteiger partial charge on any atom is -0.373 e. The third-order valence-electron chi connectivity index (χ3n) is 13.7. The molecule has 0 aromatic heterocycles. The van der Waals surface area contributed by atoms with E-state index in [4.69, 9.17) is 10.5 Å². The van der Waals surface area contributed by atoms with E-state index in [2.05, 4.69) is 69.3 Å². The first-order chi connectivity index (χ1) is 23.5. The van der Waals surface area contributed by atoms with Crippen LogP contribution < -0.4 is 21.7 Å². The van der Waals surface area contributed by atoms with Gasteiger partial charge in [-0.15, -0.1) is 0 Å². The fraction of sp³-hybridized carbons (Fsp3) is 0.872. The predicted octanol–water partition coefficient (Wildman–Crippen LogP) is 3.75. The van der Waals surface area contributed by atoms with Crippen LogP contribution in [0.4, 0.5) is 4.79 Å². The number of Topliss-reactive ketones (excluding diaryl/α,β-unsaturated/α-hetero) is 1. The highest BCUT2D eigenvalue weighted by Gasteiger charge is 2.85. The molecule has 12 heteroatoms. The molecule has 5 fully saturated rings. The Morgan fingerprint density at radius 2 is 1.47 bits per heavy atom. The van der Waals surface area contributed by atoms with Crippen molar-refractivity contribution in [3.63, 3.8) is 0 Å². The second kappa shape index (κ2) is 13.9. The number of nitrogens with one attached hydrogen (secondary N) is 3. The quantitative estimate of drug-likeness (QED) is 0.237. The molecule has 288 valence electrons. The Bertz CT molecular complexity index is 1370. The van der Waals surface area contributed by atoms with E-state index in [0.717, 1.165) is 51.6 Å². The molecule has 0 aromatic carbocycles. The van der Waals surface area contributed by atoms with Gasteiger partial charge >= 0.3 is 6.03 Å². The Labute approximate surface area is 305 Å². The molecule has 1 unspecified atom stereocenters. The molecule has 3 saturated carbocycles. The first kappa shape index (κ1) is 39.5. The van der Waals surface area contributed by atoms with Crippen molar-refractivity contribution >= 4 is 29.5 Å². The van der Waals surface area contributed by atoms with Gasteiger partial charge in [0.1, 0.15) is 12.1 Å². The summed E-state index contributed by atoms with van der Waals surface area (Å²) in [5, 5.41) is 9.14. The Hall–Kier alpha value is -2.73. The van der Waals surface area contributed by atoms with Gasteiger partial charge in [-0.1, -0.05) is 81.1 Å². The predicted molar refractivity (Wildman–Crippen MR) is 195 cm³/mol. The zero-order valence-electron chi connectivity index (χ0n) is 32.9. The van der Waals surface area contributed by atoms with Crippen LogP contribution in [0.15, 0.2) is 0 Å². The number of ether oxygens (including phenoxy) is 1. The Morgan fingerprint density at radius 3 is 1.92 bits per heavy atom. The van der Waals surface area contributed by atoms with Gasteiger partial charge in [0, 0.05) is 37.6 Å². The number of amides is 5. The molecule has 12 nitrogen and oxygen atoms in total. The summed E-state index contributed by atoms with van der Waals surface area (Å²) in [4.78, 5) is 72.0. The zero-order chi connectivity index (χ0) is 37.9. The number of fused-ring (bicyclic) bond motifs is 1. The van der Waals surface area contributed by atoms with Crippen LogP contribution in [-0.4, -0.2) is 102 Å². The van der Waals surface area contributed by atoms with Gasteiger partial charge in [0.05, 0.1) is 18.2 Å². The maximum absolute atomic E-state index is 14.9. The van der Waals surface area contributed by atoms with Crippen LogP contribution >= 0.6 is 0 Å². The lowest BCUT2D eigenvalue weighted by Crippen LogP contribution is -2.62. The fourth-order valence-electron chi connectivity index (χ4n) is 10.2. The Kier molecular flexibility index (Phi) is 10.8. The summed E-state index contributed by atoms with van der Waals surface area (Å²) in [6.45, 7) is 23.3. The minimum atomic E-state index is -1.07. The smallest absolute Gasteiger partial charge is 0.315 e. The van der Waals surface area contributed by atoms with E-state index in [9.17, 15) is 24.0 Å². The number of hydrogen-bond acceptors (Lipinski definition) is 7. The van der Waals surface area contributed by atoms with Crippen molar-refractivity contribution in [2.75, 3.05) is 26.2 Å². The van der Waals surface area contributed by atoms with Crippen molar-refractivity contribution < 1.29 is 28.7 Å². The van der Waals surface area contributed by atoms with E-state index >= 15 is 0 Å². The van der Waals surface area contributed by atoms with Crippen molar-refractivity contribution in [3.8, 4) is 0 Å². The summed E-state index contributed by atoms with van der Waals surface area (Å²) in [6, 6.07) is -3.43. The minimum absolute atomic E-state index is 0.0540. The normalized spacial score (nSPS) is 30.5. The Balaban J connectivity index is 1.38. The number of urea groups is 1. The number of ketones is 1. The van der Waals surface area contributed by atoms with E-state index in [0.29, 0.717) is 25.9 Å². The van der Waals surface area contributed by atoms with Crippen molar-refractivity contribution in [3.05, 3.63) is 0 Å². The number of morpholine rings is 1. The maximum Gasteiger partial charge on any atom is 0.315 e. The van der Waals surface area contributed by atoms with Gasteiger partial charge in [-0.05, 0) is 67.1 Å². The number of hydrogen-bond donors (Lipinski definition) is 4. The number of nitrogens with two attached hydrogens (primary N) is 1. The first-order valence-electron chi connectivity index (χ1n) is 19.4. The standard InChI is InChI=1S/C39H66N6O6/c1-23-19-44(20-24(2)51-23)21-28(35(3,4)5)42-34(50)43-30(36(6,7)8)33(49)45-22-39(37(9,10)38(39)15-12-16-38)18-27(45)32(48)41-26(29(46)31(40)47)17-25-13-11-14-25/h23-28,30H,11-22H2,1-10H3,(H2,40,47)(H,41,48)(H2,42,43,50)/t23-,24+,26?,27-,28+,30+,39+/m0/s1. The second-order valence-electron chi connectivity index (χ2n) is 19.5. The van der Waals surface area contributed by atoms with Crippen LogP contribution in [0.5, 0.6) is 0 Å². The number of nitrogens with zero attached hydrogens (tertiary/aromatic N) is 2. The molecule has 0 bridgehead atoms. The molecular weight excluding hydrogens is 648 g/mol. The highest BCUT2D eigenvalue weighted by molar-refractivity contribution is 6.37. The number of carbonyl (C=O) groups excluding carboxylic acids is 5. The molecule has 3 aliphatic carbocycles. The van der Waals surface area contributed by atoms with Crippen LogP contribution in [0.25, 0.3) is 0 Å². The molecule has 2 aliphatic heterocycles. The summed E-state index contributed by atoms with van der Waals surface area (Å²) >= 11 is 0. The van der Waals surface area contributed by atoms with Crippen LogP contribution in [0, 0.1) is 33.0 Å². The van der Waals surface area contributed by atoms with Crippen LogP contribution in [0.3, 0.4) is 0 Å². The van der Waals surface area contributed by atoms with Gasteiger partial charge in [-0.2, -0.15) is 0 Å². The van der Waals surface area contributed by atoms with Crippen molar-refractivity contribution in [1.82, 2.24) is 25.8 Å². The molecule has 2 spiro atoms. The third-order valence-corrected chi connectivity index (χ3v) is 13.7. The molecule has 0 radical (unpaired) electrons. The molecule has 7 atom stereocenters. The largest absolute Gasteiger partial charge is 0.373 e. The fourth-order valence-corrected chi connectivity index (χ4v) is 10.2. The van der Waals surface area contributed by atoms with Gasteiger partial charge in [-0.25, -0.2) is 4.79 Å². The molecular formula is C39H66N6O6. The maximum atomic E-state index is 14.9. The van der Waals surface area contributed by atoms with Gasteiger partial charge in [-0.3, -0.25) is 24.1 Å². The first-order valence-corrected chi connectivity index (χ1v) is 19.4. The lowest BCUT2D eigenvalue weighted by Gasteiger charge is -2.41. The highest BCUT2D eigenvalue weighted by atomic mass is 16.5. The van der Waals surface area contributed by atoms with E-state index < -0.39 is 47.2 Å². The van der Waals surface area contributed by atoms with Gasteiger partial charge in [0.2, 0.25) is 17.6 Å². The Morgan fingerprint density at radius 1 is 0.863 bits per heavy atom. The second-order valence-corrected chi connectivity index (χ2v) is 19.5. The van der Waals surface area contributed by atoms with Gasteiger partial charge in [0.25, 0.3) is 5.91 Å². The van der Waals surface area contributed by atoms with E-state index in [1.807, 2.05) is 20.8 Å². The van der Waals surface area contributed by atoms with E-state index in [1.165, 1.54) is 0 Å². The van der Waals surface area contributed by atoms with Crippen LogP contribution in [0.2, 0.25) is 0 Å². The molecule has 0 aromatic rings. The summed E-state index contributed by atoms with van der Waals surface area (Å²) in [7, 11) is 0. The van der Waals surface area contributed by atoms with Crippen molar-refractivity contribution in [1.29, 1.82) is 0 Å². The number of likely N-dealkylation sites (tertiary alicyclic amines) is 1. The van der Waals surface area contributed by atoms with E-state index in [1.54, 1.807) is 4.90 Å². The van der Waals surface area contributed by atoms with Crippen LogP contribution in [-0.2, 0) is 23.9 Å². The molecule has 51 heavy (non-hydrogen) atoms.